The summed E-state index contributed by atoms with van der Waals surface area (Å²) >= 11 is 6.22. The van der Waals surface area contributed by atoms with Crippen LogP contribution in [0.4, 0.5) is 4.39 Å². The number of ether oxygens (including phenoxy) is 2. The van der Waals surface area contributed by atoms with Gasteiger partial charge >= 0.3 is 0 Å². The summed E-state index contributed by atoms with van der Waals surface area (Å²) in [4.78, 5) is 12.1. The molecule has 0 radical (unpaired) electrons. The minimum atomic E-state index is -0.402. The monoisotopic (exact) mass is 349 g/mol. The zero-order valence-electron chi connectivity index (χ0n) is 13.2. The molecule has 1 aliphatic heterocycles. The van der Waals surface area contributed by atoms with Gasteiger partial charge in [0.2, 0.25) is 0 Å². The largest absolute Gasteiger partial charge is 0.489 e. The third-order valence-corrected chi connectivity index (χ3v) is 4.03. The molecule has 0 aliphatic carbocycles. The fraction of sp³-hybridized carbons (Fsp3) is 0.278. The number of amides is 1. The molecule has 0 fully saturated rings. The highest BCUT2D eigenvalue weighted by Crippen LogP contribution is 2.37. The predicted octanol–water partition coefficient (Wildman–Crippen LogP) is 3.88. The van der Waals surface area contributed by atoms with Gasteiger partial charge in [-0.05, 0) is 42.3 Å². The van der Waals surface area contributed by atoms with E-state index in [1.165, 1.54) is 6.07 Å². The van der Waals surface area contributed by atoms with E-state index in [1.54, 1.807) is 31.2 Å². The lowest BCUT2D eigenvalue weighted by molar-refractivity contribution is 0.0950. The highest BCUT2D eigenvalue weighted by atomic mass is 35.5. The maximum atomic E-state index is 13.6. The van der Waals surface area contributed by atoms with Crippen molar-refractivity contribution in [2.75, 3.05) is 13.2 Å². The van der Waals surface area contributed by atoms with E-state index in [0.29, 0.717) is 35.3 Å². The molecule has 1 N–H and O–H groups in total. The van der Waals surface area contributed by atoms with E-state index in [0.717, 1.165) is 12.0 Å². The topological polar surface area (TPSA) is 47.6 Å². The van der Waals surface area contributed by atoms with Crippen molar-refractivity contribution in [1.82, 2.24) is 5.32 Å². The average Bonchev–Trinajstić information content (AvgIpc) is 2.81. The summed E-state index contributed by atoms with van der Waals surface area (Å²) in [6, 6.07) is 7.92. The van der Waals surface area contributed by atoms with Gasteiger partial charge in [0.05, 0.1) is 18.2 Å². The van der Waals surface area contributed by atoms with Crippen molar-refractivity contribution in [3.8, 4) is 11.5 Å². The number of aryl methyl sites for hydroxylation is 1. The van der Waals surface area contributed by atoms with Gasteiger partial charge in [0, 0.05) is 18.5 Å². The second kappa shape index (κ2) is 7.09. The molecule has 4 nitrogen and oxygen atoms in total. The van der Waals surface area contributed by atoms with E-state index in [9.17, 15) is 9.18 Å². The highest BCUT2D eigenvalue weighted by molar-refractivity contribution is 6.32. The van der Waals surface area contributed by atoms with Crippen molar-refractivity contribution in [1.29, 1.82) is 0 Å². The average molecular weight is 350 g/mol. The van der Waals surface area contributed by atoms with Crippen LogP contribution in [0, 0.1) is 12.7 Å². The molecule has 0 unspecified atom stereocenters. The summed E-state index contributed by atoms with van der Waals surface area (Å²) in [6.45, 7) is 3.02. The third kappa shape index (κ3) is 3.62. The number of benzene rings is 2. The zero-order valence-corrected chi connectivity index (χ0v) is 14.0. The van der Waals surface area contributed by atoms with Crippen LogP contribution in [0.15, 0.2) is 30.3 Å². The van der Waals surface area contributed by atoms with Gasteiger partial charge in [-0.25, -0.2) is 4.39 Å². The number of hydrogen-bond acceptors (Lipinski definition) is 3. The van der Waals surface area contributed by atoms with Crippen LogP contribution in [-0.2, 0) is 6.54 Å². The van der Waals surface area contributed by atoms with Crippen molar-refractivity contribution in [2.45, 2.75) is 19.9 Å². The number of fused-ring (bicyclic) bond motifs is 1. The van der Waals surface area contributed by atoms with Crippen LogP contribution in [0.5, 0.6) is 11.5 Å². The van der Waals surface area contributed by atoms with Crippen LogP contribution in [0.25, 0.3) is 0 Å². The quantitative estimate of drug-likeness (QED) is 0.914. The maximum Gasteiger partial charge on any atom is 0.251 e. The Labute approximate surface area is 144 Å². The SMILES string of the molecule is Cc1ccc(C(=O)NCc2cc(Cl)c3c(c2)OCCCO3)cc1F. The van der Waals surface area contributed by atoms with Crippen LogP contribution in [0.3, 0.4) is 0 Å². The summed E-state index contributed by atoms with van der Waals surface area (Å²) in [5.41, 5.74) is 1.56. The Balaban J connectivity index is 1.72. The van der Waals surface area contributed by atoms with Crippen molar-refractivity contribution in [2.24, 2.45) is 0 Å². The Bertz CT molecular complexity index is 779. The summed E-state index contributed by atoms with van der Waals surface area (Å²) in [6.07, 6.45) is 0.788. The normalized spacial score (nSPS) is 13.3. The van der Waals surface area contributed by atoms with Gasteiger partial charge in [0.15, 0.2) is 11.5 Å². The van der Waals surface area contributed by atoms with E-state index < -0.39 is 5.82 Å². The highest BCUT2D eigenvalue weighted by Gasteiger charge is 2.16. The van der Waals surface area contributed by atoms with E-state index in [-0.39, 0.29) is 18.0 Å². The number of hydrogen-bond donors (Lipinski definition) is 1. The first-order valence-electron chi connectivity index (χ1n) is 7.67. The second-order valence-electron chi connectivity index (χ2n) is 5.60. The Kier molecular flexibility index (Phi) is 4.90. The standard InChI is InChI=1S/C18H17ClFNO3/c1-11-3-4-13(9-15(11)20)18(22)21-10-12-7-14(19)17-16(8-12)23-5-2-6-24-17/h3-4,7-9H,2,5-6,10H2,1H3,(H,21,22). The molecule has 1 heterocycles. The summed E-state index contributed by atoms with van der Waals surface area (Å²) in [5.74, 6) is 0.355. The Morgan fingerprint density at radius 3 is 2.83 bits per heavy atom. The van der Waals surface area contributed by atoms with E-state index >= 15 is 0 Å². The first-order chi connectivity index (χ1) is 11.5. The molecule has 0 bridgehead atoms. The molecule has 6 heteroatoms. The minimum Gasteiger partial charge on any atom is -0.489 e. The van der Waals surface area contributed by atoms with Crippen molar-refractivity contribution < 1.29 is 18.7 Å². The second-order valence-corrected chi connectivity index (χ2v) is 6.01. The van der Waals surface area contributed by atoms with Gasteiger partial charge in [-0.15, -0.1) is 0 Å². The molecule has 0 spiro atoms. The fourth-order valence-electron chi connectivity index (χ4n) is 2.40. The fourth-order valence-corrected chi connectivity index (χ4v) is 2.69. The first kappa shape index (κ1) is 16.6. The number of rotatable bonds is 3. The number of halogens is 2. The Morgan fingerprint density at radius 1 is 1.25 bits per heavy atom. The molecule has 1 aliphatic rings. The molecular weight excluding hydrogens is 333 g/mol. The van der Waals surface area contributed by atoms with Crippen LogP contribution in [0.1, 0.15) is 27.9 Å². The molecule has 3 rings (SSSR count). The molecular formula is C18H17ClFNO3. The maximum absolute atomic E-state index is 13.6. The van der Waals surface area contributed by atoms with Crippen molar-refractivity contribution in [3.05, 3.63) is 57.9 Å². The number of carbonyl (C=O) groups excluding carboxylic acids is 1. The van der Waals surface area contributed by atoms with E-state index in [1.807, 2.05) is 0 Å². The lowest BCUT2D eigenvalue weighted by Crippen LogP contribution is -2.23. The molecule has 126 valence electrons. The minimum absolute atomic E-state index is 0.255. The Morgan fingerprint density at radius 2 is 2.04 bits per heavy atom. The lowest BCUT2D eigenvalue weighted by Gasteiger charge is -2.12. The van der Waals surface area contributed by atoms with E-state index in [4.69, 9.17) is 21.1 Å². The van der Waals surface area contributed by atoms with Crippen molar-refractivity contribution in [3.63, 3.8) is 0 Å². The summed E-state index contributed by atoms with van der Waals surface area (Å²) in [7, 11) is 0. The van der Waals surface area contributed by atoms with Crippen LogP contribution in [0.2, 0.25) is 5.02 Å². The third-order valence-electron chi connectivity index (χ3n) is 3.75. The summed E-state index contributed by atoms with van der Waals surface area (Å²) in [5, 5.41) is 3.20. The summed E-state index contributed by atoms with van der Waals surface area (Å²) < 4.78 is 24.7. The predicted molar refractivity (Wildman–Crippen MR) is 89.4 cm³/mol. The molecule has 0 atom stereocenters. The van der Waals surface area contributed by atoms with Crippen LogP contribution < -0.4 is 14.8 Å². The van der Waals surface area contributed by atoms with Crippen LogP contribution in [-0.4, -0.2) is 19.1 Å². The van der Waals surface area contributed by atoms with Gasteiger partial charge < -0.3 is 14.8 Å². The van der Waals surface area contributed by atoms with Crippen LogP contribution >= 0.6 is 11.6 Å². The molecule has 0 saturated carbocycles. The Hall–Kier alpha value is -2.27. The molecule has 2 aromatic carbocycles. The molecule has 24 heavy (non-hydrogen) atoms. The number of carbonyl (C=O) groups is 1. The zero-order chi connectivity index (χ0) is 17.1. The van der Waals surface area contributed by atoms with Gasteiger partial charge in [0.25, 0.3) is 5.91 Å². The smallest absolute Gasteiger partial charge is 0.251 e. The van der Waals surface area contributed by atoms with E-state index in [2.05, 4.69) is 5.32 Å². The molecule has 0 saturated heterocycles. The lowest BCUT2D eigenvalue weighted by atomic mass is 10.1. The van der Waals surface area contributed by atoms with Crippen molar-refractivity contribution >= 4 is 17.5 Å². The number of nitrogens with one attached hydrogen (secondary N) is 1. The van der Waals surface area contributed by atoms with Gasteiger partial charge in [-0.2, -0.15) is 0 Å². The molecule has 2 aromatic rings. The van der Waals surface area contributed by atoms with Gasteiger partial charge in [-0.3, -0.25) is 4.79 Å². The molecule has 0 aromatic heterocycles. The van der Waals surface area contributed by atoms with Gasteiger partial charge in [-0.1, -0.05) is 17.7 Å². The molecule has 1 amide bonds. The van der Waals surface area contributed by atoms with Gasteiger partial charge in [0.1, 0.15) is 5.82 Å². The first-order valence-corrected chi connectivity index (χ1v) is 8.05.